The zero-order valence-electron chi connectivity index (χ0n) is 13.7. The second-order valence-corrected chi connectivity index (χ2v) is 6.57. The Balaban J connectivity index is 1.93. The molecule has 3 nitrogen and oxygen atoms in total. The summed E-state index contributed by atoms with van der Waals surface area (Å²) in [5.74, 6) is 0.770. The number of carbonyl (C=O) groups is 1. The lowest BCUT2D eigenvalue weighted by atomic mass is 10.1. The molecule has 0 bridgehead atoms. The number of anilines is 1. The molecule has 0 aliphatic carbocycles. The highest BCUT2D eigenvalue weighted by atomic mass is 32.1. The molecule has 0 saturated heterocycles. The summed E-state index contributed by atoms with van der Waals surface area (Å²) in [5, 5.41) is 2.03. The van der Waals surface area contributed by atoms with Crippen molar-refractivity contribution >= 4 is 22.9 Å². The van der Waals surface area contributed by atoms with E-state index in [4.69, 9.17) is 4.74 Å². The van der Waals surface area contributed by atoms with E-state index >= 15 is 0 Å². The van der Waals surface area contributed by atoms with Crippen molar-refractivity contribution in [3.63, 3.8) is 0 Å². The summed E-state index contributed by atoms with van der Waals surface area (Å²) >= 11 is 1.65. The normalized spacial score (nSPS) is 10.4. The molecule has 2 aromatic carbocycles. The molecule has 1 aromatic heterocycles. The van der Waals surface area contributed by atoms with Gasteiger partial charge in [-0.3, -0.25) is 4.79 Å². The monoisotopic (exact) mass is 337 g/mol. The van der Waals surface area contributed by atoms with Gasteiger partial charge in [-0.15, -0.1) is 11.3 Å². The quantitative estimate of drug-likeness (QED) is 0.662. The van der Waals surface area contributed by atoms with Crippen LogP contribution in [0.3, 0.4) is 0 Å². The van der Waals surface area contributed by atoms with Gasteiger partial charge in [0.05, 0.1) is 13.7 Å². The van der Waals surface area contributed by atoms with Crippen molar-refractivity contribution in [2.75, 3.05) is 12.0 Å². The molecule has 0 unspecified atom stereocenters. The predicted octanol–water partition coefficient (Wildman–Crippen LogP) is 4.91. The van der Waals surface area contributed by atoms with Gasteiger partial charge in [0.15, 0.2) is 0 Å². The van der Waals surface area contributed by atoms with Gasteiger partial charge in [-0.2, -0.15) is 0 Å². The lowest BCUT2D eigenvalue weighted by molar-refractivity contribution is 0.0985. The zero-order valence-corrected chi connectivity index (χ0v) is 14.5. The van der Waals surface area contributed by atoms with Crippen LogP contribution in [-0.2, 0) is 6.54 Å². The number of hydrogen-bond acceptors (Lipinski definition) is 3. The minimum atomic E-state index is -0.00596. The maximum absolute atomic E-state index is 13.0. The third-order valence-corrected chi connectivity index (χ3v) is 4.68. The van der Waals surface area contributed by atoms with Crippen LogP contribution in [0.5, 0.6) is 5.75 Å². The van der Waals surface area contributed by atoms with E-state index in [9.17, 15) is 4.79 Å². The number of aryl methyl sites for hydroxylation is 1. The van der Waals surface area contributed by atoms with Crippen LogP contribution in [0.1, 0.15) is 20.8 Å². The van der Waals surface area contributed by atoms with Crippen LogP contribution in [0, 0.1) is 6.92 Å². The Hall–Kier alpha value is -2.59. The molecule has 3 rings (SSSR count). The van der Waals surface area contributed by atoms with Gasteiger partial charge in [-0.1, -0.05) is 23.8 Å². The van der Waals surface area contributed by atoms with Crippen LogP contribution in [0.2, 0.25) is 0 Å². The Kier molecular flexibility index (Phi) is 4.96. The molecule has 0 spiro atoms. The summed E-state index contributed by atoms with van der Waals surface area (Å²) in [6, 6.07) is 19.3. The molecular formula is C20H19NO2S. The summed E-state index contributed by atoms with van der Waals surface area (Å²) < 4.78 is 5.21. The van der Waals surface area contributed by atoms with Crippen molar-refractivity contribution in [3.8, 4) is 5.75 Å². The zero-order chi connectivity index (χ0) is 16.9. The predicted molar refractivity (Wildman–Crippen MR) is 99.0 cm³/mol. The van der Waals surface area contributed by atoms with Gasteiger partial charge in [-0.05, 0) is 54.8 Å². The minimum Gasteiger partial charge on any atom is -0.497 e. The Bertz CT molecular complexity index is 793. The number of benzene rings is 2. The molecule has 1 heterocycles. The average molecular weight is 337 g/mol. The maximum atomic E-state index is 13.0. The van der Waals surface area contributed by atoms with Gasteiger partial charge in [0.2, 0.25) is 0 Å². The Morgan fingerprint density at radius 2 is 1.75 bits per heavy atom. The summed E-state index contributed by atoms with van der Waals surface area (Å²) in [6.07, 6.45) is 0. The lowest BCUT2D eigenvalue weighted by Crippen LogP contribution is -2.30. The van der Waals surface area contributed by atoms with Crippen LogP contribution >= 0.6 is 11.3 Å². The molecule has 0 saturated carbocycles. The average Bonchev–Trinajstić information content (AvgIpc) is 3.13. The second kappa shape index (κ2) is 7.32. The highest BCUT2D eigenvalue weighted by Gasteiger charge is 2.18. The van der Waals surface area contributed by atoms with E-state index in [-0.39, 0.29) is 5.91 Å². The number of methoxy groups -OCH3 is 1. The van der Waals surface area contributed by atoms with E-state index in [0.29, 0.717) is 12.1 Å². The van der Waals surface area contributed by atoms with Crippen LogP contribution in [-0.4, -0.2) is 13.0 Å². The molecule has 0 radical (unpaired) electrons. The minimum absolute atomic E-state index is 0.00596. The van der Waals surface area contributed by atoms with E-state index in [0.717, 1.165) is 21.9 Å². The summed E-state index contributed by atoms with van der Waals surface area (Å²) in [6.45, 7) is 2.57. The van der Waals surface area contributed by atoms with Gasteiger partial charge in [0.1, 0.15) is 5.75 Å². The number of nitrogens with zero attached hydrogens (tertiary/aromatic N) is 1. The first kappa shape index (κ1) is 16.3. The summed E-state index contributed by atoms with van der Waals surface area (Å²) in [4.78, 5) is 16.0. The second-order valence-electron chi connectivity index (χ2n) is 5.53. The van der Waals surface area contributed by atoms with Gasteiger partial charge < -0.3 is 9.64 Å². The maximum Gasteiger partial charge on any atom is 0.258 e. The van der Waals surface area contributed by atoms with Gasteiger partial charge >= 0.3 is 0 Å². The largest absolute Gasteiger partial charge is 0.497 e. The van der Waals surface area contributed by atoms with Crippen molar-refractivity contribution in [3.05, 3.63) is 82.0 Å². The fourth-order valence-electron chi connectivity index (χ4n) is 2.45. The van der Waals surface area contributed by atoms with Crippen molar-refractivity contribution in [2.45, 2.75) is 13.5 Å². The third kappa shape index (κ3) is 3.66. The van der Waals surface area contributed by atoms with Crippen molar-refractivity contribution in [2.24, 2.45) is 0 Å². The molecule has 0 aliphatic rings. The molecule has 122 valence electrons. The summed E-state index contributed by atoms with van der Waals surface area (Å²) in [7, 11) is 1.63. The van der Waals surface area contributed by atoms with Crippen molar-refractivity contribution in [1.29, 1.82) is 0 Å². The number of thiophene rings is 1. The molecule has 0 fully saturated rings. The van der Waals surface area contributed by atoms with Gasteiger partial charge in [0.25, 0.3) is 5.91 Å². The van der Waals surface area contributed by atoms with Crippen LogP contribution in [0.4, 0.5) is 5.69 Å². The fraction of sp³-hybridized carbons (Fsp3) is 0.150. The molecule has 0 aliphatic heterocycles. The first-order chi connectivity index (χ1) is 11.7. The summed E-state index contributed by atoms with van der Waals surface area (Å²) in [5.41, 5.74) is 2.68. The molecule has 0 N–H and O–H groups in total. The molecule has 1 amide bonds. The van der Waals surface area contributed by atoms with Crippen molar-refractivity contribution in [1.82, 2.24) is 0 Å². The van der Waals surface area contributed by atoms with E-state index in [1.165, 1.54) is 0 Å². The lowest BCUT2D eigenvalue weighted by Gasteiger charge is -2.23. The van der Waals surface area contributed by atoms with Gasteiger partial charge in [-0.25, -0.2) is 0 Å². The fourth-order valence-corrected chi connectivity index (χ4v) is 3.15. The smallest absolute Gasteiger partial charge is 0.258 e. The van der Waals surface area contributed by atoms with Crippen molar-refractivity contribution < 1.29 is 9.53 Å². The molecular weight excluding hydrogens is 318 g/mol. The van der Waals surface area contributed by atoms with E-state index in [1.54, 1.807) is 23.3 Å². The van der Waals surface area contributed by atoms with E-state index in [1.807, 2.05) is 73.0 Å². The number of hydrogen-bond donors (Lipinski definition) is 0. The number of carbonyl (C=O) groups excluding carboxylic acids is 1. The molecule has 4 heteroatoms. The first-order valence-electron chi connectivity index (χ1n) is 7.72. The third-order valence-electron chi connectivity index (χ3n) is 3.82. The number of ether oxygens (including phenoxy) is 1. The highest BCUT2D eigenvalue weighted by Crippen LogP contribution is 2.24. The topological polar surface area (TPSA) is 29.5 Å². The Labute approximate surface area is 146 Å². The Morgan fingerprint density at radius 1 is 1.04 bits per heavy atom. The highest BCUT2D eigenvalue weighted by molar-refractivity contribution is 7.09. The Morgan fingerprint density at radius 3 is 2.33 bits per heavy atom. The van der Waals surface area contributed by atoms with Gasteiger partial charge in [0, 0.05) is 16.1 Å². The van der Waals surface area contributed by atoms with Crippen LogP contribution in [0.25, 0.3) is 0 Å². The van der Waals surface area contributed by atoms with Crippen LogP contribution < -0.4 is 9.64 Å². The molecule has 24 heavy (non-hydrogen) atoms. The molecule has 3 aromatic rings. The molecule has 0 atom stereocenters. The van der Waals surface area contributed by atoms with Crippen LogP contribution in [0.15, 0.2) is 66.0 Å². The number of rotatable bonds is 5. The van der Waals surface area contributed by atoms with E-state index in [2.05, 4.69) is 0 Å². The SMILES string of the molecule is COc1ccc(N(Cc2cccs2)C(=O)c2ccc(C)cc2)cc1. The number of amides is 1. The standard InChI is InChI=1S/C20H19NO2S/c1-15-5-7-16(8-6-15)20(22)21(14-19-4-3-13-24-19)17-9-11-18(23-2)12-10-17/h3-13H,14H2,1-2H3. The van der Waals surface area contributed by atoms with E-state index < -0.39 is 0 Å². The first-order valence-corrected chi connectivity index (χ1v) is 8.60.